The highest BCUT2D eigenvalue weighted by molar-refractivity contribution is 6.30. The second-order valence-electron chi connectivity index (χ2n) is 7.17. The van der Waals surface area contributed by atoms with Gasteiger partial charge in [-0.05, 0) is 42.0 Å². The van der Waals surface area contributed by atoms with Gasteiger partial charge in [-0.2, -0.15) is 5.10 Å². The molecule has 27 heavy (non-hydrogen) atoms. The number of benzene rings is 1. The molecule has 0 spiro atoms. The SMILES string of the molecule is CC(C)c1ccc(Cl)cc1CN(C(=O)c1c(C(F)F)nn(C)c1O)C1CC1. The van der Waals surface area contributed by atoms with Crippen molar-refractivity contribution in [1.29, 1.82) is 0 Å². The Balaban J connectivity index is 1.99. The number of aromatic hydroxyl groups is 1. The third-order valence-corrected chi connectivity index (χ3v) is 5.02. The van der Waals surface area contributed by atoms with Crippen LogP contribution in [0.1, 0.15) is 66.2 Å². The van der Waals surface area contributed by atoms with Gasteiger partial charge in [0.25, 0.3) is 12.3 Å². The van der Waals surface area contributed by atoms with Gasteiger partial charge in [0.2, 0.25) is 5.88 Å². The lowest BCUT2D eigenvalue weighted by Gasteiger charge is -2.25. The molecular formula is C19H22ClF2N3O2. The van der Waals surface area contributed by atoms with Crippen molar-refractivity contribution in [3.63, 3.8) is 0 Å². The highest BCUT2D eigenvalue weighted by Gasteiger charge is 2.38. The zero-order chi connectivity index (χ0) is 19.9. The Morgan fingerprint density at radius 3 is 2.63 bits per heavy atom. The first-order valence-corrected chi connectivity index (χ1v) is 9.21. The van der Waals surface area contributed by atoms with Crippen molar-refractivity contribution < 1.29 is 18.7 Å². The number of nitrogens with zero attached hydrogens (tertiary/aromatic N) is 3. The second kappa shape index (κ2) is 7.46. The first kappa shape index (κ1) is 19.6. The van der Waals surface area contributed by atoms with Crippen LogP contribution in [0, 0.1) is 0 Å². The molecule has 0 atom stereocenters. The number of aromatic nitrogens is 2. The lowest BCUT2D eigenvalue weighted by molar-refractivity contribution is 0.0713. The maximum atomic E-state index is 13.3. The number of hydrogen-bond acceptors (Lipinski definition) is 3. The molecule has 0 radical (unpaired) electrons. The van der Waals surface area contributed by atoms with Gasteiger partial charge in [0.1, 0.15) is 11.3 Å². The molecule has 1 amide bonds. The molecular weight excluding hydrogens is 376 g/mol. The van der Waals surface area contributed by atoms with Crippen LogP contribution >= 0.6 is 11.6 Å². The van der Waals surface area contributed by atoms with Gasteiger partial charge in [-0.3, -0.25) is 4.79 Å². The van der Waals surface area contributed by atoms with E-state index < -0.39 is 29.5 Å². The van der Waals surface area contributed by atoms with Crippen LogP contribution in [0.15, 0.2) is 18.2 Å². The molecule has 1 aromatic carbocycles. The van der Waals surface area contributed by atoms with Gasteiger partial charge < -0.3 is 10.0 Å². The highest BCUT2D eigenvalue weighted by atomic mass is 35.5. The summed E-state index contributed by atoms with van der Waals surface area (Å²) >= 11 is 6.14. The number of alkyl halides is 2. The normalized spacial score (nSPS) is 14.2. The maximum absolute atomic E-state index is 13.3. The second-order valence-corrected chi connectivity index (χ2v) is 7.61. The van der Waals surface area contributed by atoms with Crippen LogP contribution in [0.25, 0.3) is 0 Å². The van der Waals surface area contributed by atoms with Crippen LogP contribution < -0.4 is 0 Å². The summed E-state index contributed by atoms with van der Waals surface area (Å²) in [5.74, 6) is -0.957. The largest absolute Gasteiger partial charge is 0.493 e. The zero-order valence-electron chi connectivity index (χ0n) is 15.4. The fraction of sp³-hybridized carbons (Fsp3) is 0.474. The first-order chi connectivity index (χ1) is 12.7. The van der Waals surface area contributed by atoms with E-state index in [9.17, 15) is 18.7 Å². The molecule has 3 rings (SSSR count). The van der Waals surface area contributed by atoms with Gasteiger partial charge in [0.05, 0.1) is 0 Å². The Hall–Kier alpha value is -2.15. The molecule has 1 heterocycles. The van der Waals surface area contributed by atoms with Gasteiger partial charge in [0.15, 0.2) is 0 Å². The Morgan fingerprint density at radius 1 is 1.41 bits per heavy atom. The summed E-state index contributed by atoms with van der Waals surface area (Å²) in [6.07, 6.45) is -1.35. The fourth-order valence-corrected chi connectivity index (χ4v) is 3.44. The third-order valence-electron chi connectivity index (χ3n) is 4.78. The van der Waals surface area contributed by atoms with E-state index in [4.69, 9.17) is 11.6 Å². The van der Waals surface area contributed by atoms with Crippen LogP contribution in [0.4, 0.5) is 8.78 Å². The van der Waals surface area contributed by atoms with Crippen LogP contribution in [-0.4, -0.2) is 31.7 Å². The highest BCUT2D eigenvalue weighted by Crippen LogP contribution is 2.36. The van der Waals surface area contributed by atoms with E-state index >= 15 is 0 Å². The molecule has 0 aliphatic heterocycles. The Morgan fingerprint density at radius 2 is 2.07 bits per heavy atom. The lowest BCUT2D eigenvalue weighted by atomic mass is 9.96. The van der Waals surface area contributed by atoms with Crippen molar-refractivity contribution in [3.05, 3.63) is 45.6 Å². The number of rotatable bonds is 6. The zero-order valence-corrected chi connectivity index (χ0v) is 16.2. The minimum atomic E-state index is -2.95. The van der Waals surface area contributed by atoms with E-state index in [0.29, 0.717) is 5.02 Å². The van der Waals surface area contributed by atoms with Crippen molar-refractivity contribution in [2.45, 2.75) is 51.6 Å². The predicted octanol–water partition coefficient (Wildman–Crippen LogP) is 4.64. The average Bonchev–Trinajstić information content (AvgIpc) is 3.38. The number of carbonyl (C=O) groups excluding carboxylic acids is 1. The third kappa shape index (κ3) is 3.93. The predicted molar refractivity (Wildman–Crippen MR) is 98.3 cm³/mol. The topological polar surface area (TPSA) is 58.4 Å². The number of hydrogen-bond donors (Lipinski definition) is 1. The van der Waals surface area contributed by atoms with Gasteiger partial charge in [-0.15, -0.1) is 0 Å². The van der Waals surface area contributed by atoms with Crippen LogP contribution in [0.3, 0.4) is 0 Å². The smallest absolute Gasteiger partial charge is 0.283 e. The van der Waals surface area contributed by atoms with Crippen LogP contribution in [0.2, 0.25) is 5.02 Å². The monoisotopic (exact) mass is 397 g/mol. The van der Waals surface area contributed by atoms with Crippen molar-refractivity contribution in [2.24, 2.45) is 7.05 Å². The van der Waals surface area contributed by atoms with E-state index in [1.165, 1.54) is 7.05 Å². The van der Waals surface area contributed by atoms with Crippen LogP contribution in [-0.2, 0) is 13.6 Å². The van der Waals surface area contributed by atoms with Crippen molar-refractivity contribution >= 4 is 17.5 Å². The summed E-state index contributed by atoms with van der Waals surface area (Å²) in [5.41, 5.74) is 0.801. The van der Waals surface area contributed by atoms with E-state index in [1.807, 2.05) is 19.9 Å². The van der Waals surface area contributed by atoms with Gasteiger partial charge in [-0.25, -0.2) is 13.5 Å². The molecule has 1 N–H and O–H groups in total. The minimum absolute atomic E-state index is 0.0402. The summed E-state index contributed by atoms with van der Waals surface area (Å²) in [7, 11) is 1.33. The lowest BCUT2D eigenvalue weighted by Crippen LogP contribution is -2.33. The quantitative estimate of drug-likeness (QED) is 0.772. The van der Waals surface area contributed by atoms with Gasteiger partial charge in [0, 0.05) is 24.7 Å². The van der Waals surface area contributed by atoms with Crippen LogP contribution in [0.5, 0.6) is 5.88 Å². The summed E-state index contributed by atoms with van der Waals surface area (Å²) < 4.78 is 27.6. The number of aryl methyl sites for hydroxylation is 1. The standard InChI is InChI=1S/C19H22ClF2N3O2/c1-10(2)14-7-4-12(20)8-11(14)9-25(13-5-6-13)19(27)15-16(17(21)22)23-24(3)18(15)26/h4,7-8,10,13,17,26H,5-6,9H2,1-3H3. The fourth-order valence-electron chi connectivity index (χ4n) is 3.25. The molecule has 8 heteroatoms. The first-order valence-electron chi connectivity index (χ1n) is 8.84. The Bertz CT molecular complexity index is 863. The van der Waals surface area contributed by atoms with E-state index in [2.05, 4.69) is 5.10 Å². The summed E-state index contributed by atoms with van der Waals surface area (Å²) in [6, 6.07) is 5.48. The summed E-state index contributed by atoms with van der Waals surface area (Å²) in [4.78, 5) is 14.6. The molecule has 146 valence electrons. The molecule has 1 aliphatic rings. The molecule has 1 aromatic heterocycles. The van der Waals surface area contributed by atoms with E-state index in [1.54, 1.807) is 17.0 Å². The number of amides is 1. The van der Waals surface area contributed by atoms with Crippen molar-refractivity contribution in [2.75, 3.05) is 0 Å². The molecule has 0 saturated heterocycles. The average molecular weight is 398 g/mol. The molecule has 1 aliphatic carbocycles. The van der Waals surface area contributed by atoms with Crippen molar-refractivity contribution in [3.8, 4) is 5.88 Å². The molecule has 0 bridgehead atoms. The molecule has 2 aromatic rings. The van der Waals surface area contributed by atoms with Gasteiger partial charge >= 0.3 is 0 Å². The minimum Gasteiger partial charge on any atom is -0.493 e. The van der Waals surface area contributed by atoms with Crippen molar-refractivity contribution in [1.82, 2.24) is 14.7 Å². The molecule has 1 fully saturated rings. The Labute approximate surface area is 161 Å². The Kier molecular flexibility index (Phi) is 5.42. The number of carbonyl (C=O) groups is 1. The summed E-state index contributed by atoms with van der Waals surface area (Å²) in [5, 5.41) is 14.3. The van der Waals surface area contributed by atoms with E-state index in [0.717, 1.165) is 28.7 Å². The molecule has 1 saturated carbocycles. The number of halogens is 3. The molecule has 0 unspecified atom stereocenters. The summed E-state index contributed by atoms with van der Waals surface area (Å²) in [6.45, 7) is 4.32. The van der Waals surface area contributed by atoms with Gasteiger partial charge in [-0.1, -0.05) is 31.5 Å². The van der Waals surface area contributed by atoms with E-state index in [-0.39, 0.29) is 18.5 Å². The maximum Gasteiger partial charge on any atom is 0.283 e. The molecule has 5 nitrogen and oxygen atoms in total.